The molecule has 0 bridgehead atoms. The number of anilines is 1. The first-order chi connectivity index (χ1) is 9.46. The average Bonchev–Trinajstić information content (AvgIpc) is 2.67. The molecular formula is C15H24N2O2S. The van der Waals surface area contributed by atoms with Gasteiger partial charge in [-0.2, -0.15) is 4.31 Å². The molecule has 1 heterocycles. The number of hydrogen-bond donors (Lipinski definition) is 1. The van der Waals surface area contributed by atoms with Gasteiger partial charge in [0.1, 0.15) is 0 Å². The highest BCUT2D eigenvalue weighted by Crippen LogP contribution is 2.27. The molecule has 1 aliphatic heterocycles. The maximum Gasteiger partial charge on any atom is 0.243 e. The number of benzene rings is 1. The first-order valence-electron chi connectivity index (χ1n) is 7.32. The van der Waals surface area contributed by atoms with Crippen LogP contribution in [0.15, 0.2) is 23.1 Å². The van der Waals surface area contributed by atoms with Crippen molar-refractivity contribution in [3.63, 3.8) is 0 Å². The van der Waals surface area contributed by atoms with Crippen molar-refractivity contribution in [2.45, 2.75) is 44.4 Å². The zero-order valence-corrected chi connectivity index (χ0v) is 13.1. The van der Waals surface area contributed by atoms with Crippen LogP contribution in [0.25, 0.3) is 0 Å². The topological polar surface area (TPSA) is 63.4 Å². The van der Waals surface area contributed by atoms with Crippen LogP contribution in [0.3, 0.4) is 0 Å². The quantitative estimate of drug-likeness (QED) is 0.872. The van der Waals surface area contributed by atoms with Gasteiger partial charge in [-0.15, -0.1) is 0 Å². The van der Waals surface area contributed by atoms with Gasteiger partial charge in [-0.3, -0.25) is 0 Å². The van der Waals surface area contributed by atoms with E-state index >= 15 is 0 Å². The summed E-state index contributed by atoms with van der Waals surface area (Å²) in [5.74, 6) is 0.650. The van der Waals surface area contributed by atoms with Crippen LogP contribution in [0.5, 0.6) is 0 Å². The van der Waals surface area contributed by atoms with E-state index in [1.54, 1.807) is 29.4 Å². The number of rotatable bonds is 3. The Bertz CT molecular complexity index is 569. The van der Waals surface area contributed by atoms with Gasteiger partial charge in [-0.05, 0) is 49.8 Å². The van der Waals surface area contributed by atoms with Gasteiger partial charge in [0.15, 0.2) is 0 Å². The smallest absolute Gasteiger partial charge is 0.243 e. The normalized spacial score (nSPS) is 21.6. The Labute approximate surface area is 122 Å². The third-order valence-electron chi connectivity index (χ3n) is 4.33. The fourth-order valence-corrected chi connectivity index (χ4v) is 4.59. The largest absolute Gasteiger partial charge is 0.398 e. The second-order valence-corrected chi connectivity index (χ2v) is 7.49. The van der Waals surface area contributed by atoms with Gasteiger partial charge >= 0.3 is 0 Å². The molecule has 1 aromatic carbocycles. The summed E-state index contributed by atoms with van der Waals surface area (Å²) in [4.78, 5) is 0.354. The minimum atomic E-state index is -3.42. The molecule has 112 valence electrons. The van der Waals surface area contributed by atoms with Crippen LogP contribution < -0.4 is 5.73 Å². The zero-order valence-electron chi connectivity index (χ0n) is 12.3. The summed E-state index contributed by atoms with van der Waals surface area (Å²) >= 11 is 0. The second-order valence-electron chi connectivity index (χ2n) is 5.58. The zero-order chi connectivity index (χ0) is 14.8. The van der Waals surface area contributed by atoms with E-state index in [4.69, 9.17) is 5.73 Å². The highest BCUT2D eigenvalue weighted by Gasteiger charge is 2.28. The summed E-state index contributed by atoms with van der Waals surface area (Å²) in [7, 11) is -3.42. The van der Waals surface area contributed by atoms with Gasteiger partial charge in [-0.1, -0.05) is 19.4 Å². The van der Waals surface area contributed by atoms with Gasteiger partial charge < -0.3 is 5.73 Å². The molecule has 5 heteroatoms. The third-order valence-corrected chi connectivity index (χ3v) is 6.37. The first-order valence-corrected chi connectivity index (χ1v) is 8.76. The fraction of sp³-hybridized carbons (Fsp3) is 0.600. The van der Waals surface area contributed by atoms with Crippen LogP contribution in [0.2, 0.25) is 0 Å². The Morgan fingerprint density at radius 1 is 1.30 bits per heavy atom. The van der Waals surface area contributed by atoms with E-state index in [9.17, 15) is 8.42 Å². The van der Waals surface area contributed by atoms with Crippen LogP contribution in [0.4, 0.5) is 5.69 Å². The highest BCUT2D eigenvalue weighted by atomic mass is 32.2. The maximum atomic E-state index is 12.8. The van der Waals surface area contributed by atoms with Crippen LogP contribution in [-0.2, 0) is 10.0 Å². The van der Waals surface area contributed by atoms with Gasteiger partial charge in [0.25, 0.3) is 0 Å². The van der Waals surface area contributed by atoms with E-state index in [0.29, 0.717) is 35.2 Å². The van der Waals surface area contributed by atoms with Crippen molar-refractivity contribution < 1.29 is 8.42 Å². The van der Waals surface area contributed by atoms with E-state index in [-0.39, 0.29) is 0 Å². The standard InChI is InChI=1S/C15H24N2O2S/c1-3-13-6-5-10-17(11-9-13)20(18,19)15-8-4-7-14(16)12(15)2/h4,7-8,13H,3,5-6,9-11,16H2,1-2H3. The lowest BCUT2D eigenvalue weighted by Crippen LogP contribution is -2.32. The first kappa shape index (κ1) is 15.3. The molecule has 0 spiro atoms. The molecule has 1 unspecified atom stereocenters. The molecule has 0 radical (unpaired) electrons. The summed E-state index contributed by atoms with van der Waals surface area (Å²) in [6.45, 7) is 5.19. The summed E-state index contributed by atoms with van der Waals surface area (Å²) in [5.41, 5.74) is 7.03. The molecule has 2 N–H and O–H groups in total. The van der Waals surface area contributed by atoms with E-state index in [2.05, 4.69) is 6.92 Å². The van der Waals surface area contributed by atoms with Crippen molar-refractivity contribution in [3.05, 3.63) is 23.8 Å². The van der Waals surface area contributed by atoms with E-state index < -0.39 is 10.0 Å². The molecule has 1 atom stereocenters. The molecule has 0 amide bonds. The van der Waals surface area contributed by atoms with Crippen LogP contribution in [-0.4, -0.2) is 25.8 Å². The predicted octanol–water partition coefficient (Wildman–Crippen LogP) is 2.78. The van der Waals surface area contributed by atoms with Gasteiger partial charge in [0, 0.05) is 18.8 Å². The molecule has 1 saturated heterocycles. The van der Waals surface area contributed by atoms with Crippen molar-refractivity contribution in [2.75, 3.05) is 18.8 Å². The van der Waals surface area contributed by atoms with Gasteiger partial charge in [0.05, 0.1) is 4.90 Å². The predicted molar refractivity (Wildman–Crippen MR) is 82.0 cm³/mol. The van der Waals surface area contributed by atoms with Crippen molar-refractivity contribution in [1.29, 1.82) is 0 Å². The molecule has 20 heavy (non-hydrogen) atoms. The molecule has 2 rings (SSSR count). The van der Waals surface area contributed by atoms with Crippen molar-refractivity contribution in [1.82, 2.24) is 4.31 Å². The van der Waals surface area contributed by atoms with Crippen LogP contribution in [0.1, 0.15) is 38.2 Å². The summed E-state index contributed by atoms with van der Waals surface area (Å²) in [6.07, 6.45) is 4.15. The Hall–Kier alpha value is -1.07. The van der Waals surface area contributed by atoms with Crippen molar-refractivity contribution in [2.24, 2.45) is 5.92 Å². The number of sulfonamides is 1. The second kappa shape index (κ2) is 6.14. The summed E-state index contributed by atoms with van der Waals surface area (Å²) in [6, 6.07) is 5.11. The monoisotopic (exact) mass is 296 g/mol. The lowest BCUT2D eigenvalue weighted by atomic mass is 9.98. The summed E-state index contributed by atoms with van der Waals surface area (Å²) in [5, 5.41) is 0. The Balaban J connectivity index is 2.28. The Kier molecular flexibility index (Phi) is 4.70. The average molecular weight is 296 g/mol. The minimum Gasteiger partial charge on any atom is -0.398 e. The molecule has 4 nitrogen and oxygen atoms in total. The summed E-state index contributed by atoms with van der Waals surface area (Å²) < 4.78 is 27.2. The molecule has 1 fully saturated rings. The molecule has 0 saturated carbocycles. The molecular weight excluding hydrogens is 272 g/mol. The number of hydrogen-bond acceptors (Lipinski definition) is 3. The molecule has 0 aliphatic carbocycles. The van der Waals surface area contributed by atoms with Crippen LogP contribution in [0, 0.1) is 12.8 Å². The fourth-order valence-electron chi connectivity index (χ4n) is 2.84. The maximum absolute atomic E-state index is 12.8. The van der Waals surface area contributed by atoms with Gasteiger partial charge in [0.2, 0.25) is 10.0 Å². The van der Waals surface area contributed by atoms with Crippen LogP contribution >= 0.6 is 0 Å². The van der Waals surface area contributed by atoms with Crippen molar-refractivity contribution in [3.8, 4) is 0 Å². The van der Waals surface area contributed by atoms with E-state index in [0.717, 1.165) is 25.7 Å². The third kappa shape index (κ3) is 2.99. The van der Waals surface area contributed by atoms with E-state index in [1.165, 1.54) is 0 Å². The number of nitrogens with zero attached hydrogens (tertiary/aromatic N) is 1. The van der Waals surface area contributed by atoms with E-state index in [1.807, 2.05) is 0 Å². The minimum absolute atomic E-state index is 0.354. The van der Waals surface area contributed by atoms with Gasteiger partial charge in [-0.25, -0.2) is 8.42 Å². The lowest BCUT2D eigenvalue weighted by molar-refractivity contribution is 0.407. The number of nitrogens with two attached hydrogens (primary N) is 1. The Morgan fingerprint density at radius 3 is 2.75 bits per heavy atom. The molecule has 0 aromatic heterocycles. The lowest BCUT2D eigenvalue weighted by Gasteiger charge is -2.21. The SMILES string of the molecule is CCC1CCCN(S(=O)(=O)c2cccc(N)c2C)CC1. The molecule has 1 aromatic rings. The van der Waals surface area contributed by atoms with Crippen molar-refractivity contribution >= 4 is 15.7 Å². The number of nitrogen functional groups attached to an aromatic ring is 1. The molecule has 1 aliphatic rings. The highest BCUT2D eigenvalue weighted by molar-refractivity contribution is 7.89. The Morgan fingerprint density at radius 2 is 2.05 bits per heavy atom.